The number of anilines is 1. The minimum Gasteiger partial charge on any atom is -0.465 e. The molecule has 1 aromatic carbocycles. The Kier molecular flexibility index (Phi) is 4.51. The van der Waals surface area contributed by atoms with Crippen LogP contribution in [0.1, 0.15) is 52.5 Å². The molecule has 3 N–H and O–H groups in total. The number of hydrogen-bond donors (Lipinski definition) is 2. The monoisotopic (exact) mass is 461 g/mol. The van der Waals surface area contributed by atoms with Gasteiger partial charge in [-0.25, -0.2) is 9.98 Å². The Bertz CT molecular complexity index is 1310. The first-order valence-corrected chi connectivity index (χ1v) is 11.1. The van der Waals surface area contributed by atoms with Crippen molar-refractivity contribution < 1.29 is 14.3 Å². The predicted octanol–water partition coefficient (Wildman–Crippen LogP) is 4.34. The normalized spacial score (nSPS) is 20.7. The zero-order valence-electron chi connectivity index (χ0n) is 17.5. The molecule has 0 bridgehead atoms. The number of benzene rings is 1. The van der Waals surface area contributed by atoms with Crippen molar-refractivity contribution in [3.63, 3.8) is 0 Å². The number of amides is 1. The summed E-state index contributed by atoms with van der Waals surface area (Å²) in [4.78, 5) is 26.2. The number of rotatable bonds is 3. The van der Waals surface area contributed by atoms with E-state index in [1.807, 2.05) is 12.1 Å². The maximum atomic E-state index is 12.7. The minimum absolute atomic E-state index is 0.129. The van der Waals surface area contributed by atoms with E-state index in [0.717, 1.165) is 29.7 Å². The molecule has 166 valence electrons. The lowest BCUT2D eigenvalue weighted by Gasteiger charge is -2.39. The Morgan fingerprint density at radius 2 is 1.94 bits per heavy atom. The smallest absolute Gasteiger partial charge is 0.283 e. The third kappa shape index (κ3) is 3.47. The number of ether oxygens (including phenoxy) is 2. The van der Waals surface area contributed by atoms with Gasteiger partial charge in [-0.05, 0) is 49.2 Å². The fourth-order valence-corrected chi connectivity index (χ4v) is 4.54. The second-order valence-electron chi connectivity index (χ2n) is 8.42. The first-order valence-electron chi connectivity index (χ1n) is 10.8. The van der Waals surface area contributed by atoms with E-state index in [1.54, 1.807) is 24.4 Å². The van der Waals surface area contributed by atoms with Gasteiger partial charge in [-0.15, -0.1) is 0 Å². The van der Waals surface area contributed by atoms with E-state index in [0.29, 0.717) is 41.2 Å². The molecule has 1 fully saturated rings. The van der Waals surface area contributed by atoms with Crippen LogP contribution in [0.25, 0.3) is 0 Å². The van der Waals surface area contributed by atoms with Crippen molar-refractivity contribution in [1.29, 1.82) is 0 Å². The molecule has 4 heterocycles. The molecule has 1 saturated carbocycles. The fraction of sp³-hybridized carbons (Fsp3) is 0.250. The molecular weight excluding hydrogens is 442 g/mol. The molecule has 33 heavy (non-hydrogen) atoms. The number of halogens is 1. The maximum absolute atomic E-state index is 12.7. The summed E-state index contributed by atoms with van der Waals surface area (Å²) in [7, 11) is 0. The average Bonchev–Trinajstić information content (AvgIpc) is 3.66. The van der Waals surface area contributed by atoms with Crippen LogP contribution in [-0.2, 0) is 10.3 Å². The Morgan fingerprint density at radius 3 is 2.70 bits per heavy atom. The van der Waals surface area contributed by atoms with Crippen LogP contribution >= 0.6 is 11.6 Å². The molecule has 1 spiro atoms. The molecule has 3 aromatic rings. The van der Waals surface area contributed by atoms with Gasteiger partial charge in [-0.1, -0.05) is 11.6 Å². The number of carbonyl (C=O) groups excluding carboxylic acids is 1. The topological polar surface area (TPSA) is 112 Å². The van der Waals surface area contributed by atoms with Gasteiger partial charge in [0, 0.05) is 41.0 Å². The summed E-state index contributed by atoms with van der Waals surface area (Å²) < 4.78 is 11.7. The molecule has 8 nitrogen and oxygen atoms in total. The summed E-state index contributed by atoms with van der Waals surface area (Å²) in [6, 6.07) is 10.9. The van der Waals surface area contributed by atoms with E-state index in [4.69, 9.17) is 31.8 Å². The molecule has 0 unspecified atom stereocenters. The number of amidine groups is 1. The number of aromatic nitrogens is 2. The second kappa shape index (κ2) is 7.45. The molecule has 0 radical (unpaired) electrons. The molecule has 1 atom stereocenters. The third-order valence-corrected chi connectivity index (χ3v) is 6.43. The molecule has 6 rings (SSSR count). The number of pyridine rings is 2. The van der Waals surface area contributed by atoms with Crippen molar-refractivity contribution in [1.82, 2.24) is 9.97 Å². The van der Waals surface area contributed by atoms with E-state index in [9.17, 15) is 4.79 Å². The quantitative estimate of drug-likeness (QED) is 0.600. The predicted molar refractivity (Wildman–Crippen MR) is 123 cm³/mol. The van der Waals surface area contributed by atoms with Crippen LogP contribution < -0.4 is 15.8 Å². The molecule has 2 aromatic heterocycles. The summed E-state index contributed by atoms with van der Waals surface area (Å²) >= 11 is 5.88. The molecule has 9 heteroatoms. The largest absolute Gasteiger partial charge is 0.465 e. The van der Waals surface area contributed by atoms with E-state index in [-0.39, 0.29) is 17.6 Å². The van der Waals surface area contributed by atoms with Gasteiger partial charge in [0.15, 0.2) is 5.75 Å². The first kappa shape index (κ1) is 20.0. The van der Waals surface area contributed by atoms with Gasteiger partial charge in [0.25, 0.3) is 11.9 Å². The van der Waals surface area contributed by atoms with Crippen LogP contribution in [0.5, 0.6) is 11.5 Å². The second-order valence-corrected chi connectivity index (χ2v) is 8.85. The highest BCUT2D eigenvalue weighted by Crippen LogP contribution is 2.53. The standard InChI is InChI=1S/C24H20ClN5O3/c25-14-3-5-18(27-11-14)22(31)29-15-4-6-20-16(9-15)24(7-8-32-23(26)30-24)17-10-19(13-1-2-13)28-12-21(17)33-20/h3-6,9-13H,1-2,7-8H2,(H2,26,30)(H,29,31)/t24-/m0/s1. The average molecular weight is 462 g/mol. The number of hydrogen-bond acceptors (Lipinski definition) is 7. The highest BCUT2D eigenvalue weighted by atomic mass is 35.5. The van der Waals surface area contributed by atoms with Crippen molar-refractivity contribution in [2.75, 3.05) is 11.9 Å². The molecule has 0 saturated heterocycles. The van der Waals surface area contributed by atoms with Gasteiger partial charge < -0.3 is 20.5 Å². The van der Waals surface area contributed by atoms with Gasteiger partial charge in [0.05, 0.1) is 17.8 Å². The molecule has 1 amide bonds. The van der Waals surface area contributed by atoms with Crippen molar-refractivity contribution in [3.8, 4) is 11.5 Å². The van der Waals surface area contributed by atoms with Crippen LogP contribution in [0.2, 0.25) is 5.02 Å². The van der Waals surface area contributed by atoms with Crippen molar-refractivity contribution in [2.45, 2.75) is 30.7 Å². The Labute approximate surface area is 194 Å². The van der Waals surface area contributed by atoms with Crippen LogP contribution in [0.15, 0.2) is 53.8 Å². The van der Waals surface area contributed by atoms with E-state index in [1.165, 1.54) is 6.20 Å². The lowest BCUT2D eigenvalue weighted by molar-refractivity contribution is 0.102. The van der Waals surface area contributed by atoms with Gasteiger partial charge >= 0.3 is 0 Å². The van der Waals surface area contributed by atoms with Crippen LogP contribution in [0.4, 0.5) is 5.69 Å². The van der Waals surface area contributed by atoms with Gasteiger partial charge in [-0.2, -0.15) is 0 Å². The van der Waals surface area contributed by atoms with E-state index in [2.05, 4.69) is 21.4 Å². The Balaban J connectivity index is 1.43. The van der Waals surface area contributed by atoms with Crippen molar-refractivity contribution >= 4 is 29.2 Å². The number of nitrogens with two attached hydrogens (primary N) is 1. The number of nitrogens with zero attached hydrogens (tertiary/aromatic N) is 3. The number of carbonyl (C=O) groups is 1. The highest BCUT2D eigenvalue weighted by molar-refractivity contribution is 6.30. The summed E-state index contributed by atoms with van der Waals surface area (Å²) in [5, 5.41) is 3.37. The highest BCUT2D eigenvalue weighted by Gasteiger charge is 2.45. The number of nitrogens with one attached hydrogen (secondary N) is 1. The van der Waals surface area contributed by atoms with Gasteiger partial charge in [0.2, 0.25) is 0 Å². The Morgan fingerprint density at radius 1 is 1.09 bits per heavy atom. The maximum Gasteiger partial charge on any atom is 0.283 e. The van der Waals surface area contributed by atoms with Crippen LogP contribution in [0.3, 0.4) is 0 Å². The lowest BCUT2D eigenvalue weighted by atomic mass is 9.77. The molecular formula is C24H20ClN5O3. The minimum atomic E-state index is -0.781. The van der Waals surface area contributed by atoms with Crippen LogP contribution in [0, 0.1) is 0 Å². The zero-order chi connectivity index (χ0) is 22.6. The van der Waals surface area contributed by atoms with Gasteiger partial charge in [-0.3, -0.25) is 9.78 Å². The molecule has 1 aliphatic carbocycles. The lowest BCUT2D eigenvalue weighted by Crippen LogP contribution is -2.38. The van der Waals surface area contributed by atoms with E-state index < -0.39 is 5.54 Å². The fourth-order valence-electron chi connectivity index (χ4n) is 4.42. The summed E-state index contributed by atoms with van der Waals surface area (Å²) in [6.07, 6.45) is 6.07. The number of aliphatic imine (C=N–C) groups is 1. The number of fused-ring (bicyclic) bond motifs is 4. The molecule has 2 aliphatic heterocycles. The summed E-state index contributed by atoms with van der Waals surface area (Å²) in [6.45, 7) is 0.417. The zero-order valence-corrected chi connectivity index (χ0v) is 18.3. The first-order chi connectivity index (χ1) is 16.0. The van der Waals surface area contributed by atoms with E-state index >= 15 is 0 Å². The molecule has 3 aliphatic rings. The Hall–Kier alpha value is -3.65. The van der Waals surface area contributed by atoms with Crippen molar-refractivity contribution in [3.05, 3.63) is 76.3 Å². The third-order valence-electron chi connectivity index (χ3n) is 6.21. The van der Waals surface area contributed by atoms with Crippen LogP contribution in [-0.4, -0.2) is 28.5 Å². The van der Waals surface area contributed by atoms with Crippen molar-refractivity contribution in [2.24, 2.45) is 10.7 Å². The summed E-state index contributed by atoms with van der Waals surface area (Å²) in [5.74, 6) is 1.44. The summed E-state index contributed by atoms with van der Waals surface area (Å²) in [5.41, 5.74) is 8.91. The van der Waals surface area contributed by atoms with Gasteiger partial charge in [0.1, 0.15) is 17.0 Å². The SMILES string of the molecule is NC1=N[C@@]2(CCO1)c1cc(NC(=O)c3ccc(Cl)cn3)ccc1Oc1cnc(C3CC3)cc12.